The molecule has 4 aliphatic rings. The van der Waals surface area contributed by atoms with Crippen LogP contribution in [-0.2, 0) is 35.6 Å². The number of nitrogens with zero attached hydrogens (tertiary/aromatic N) is 3. The van der Waals surface area contributed by atoms with Crippen molar-refractivity contribution in [3.63, 3.8) is 0 Å². The number of benzene rings is 2. The zero-order chi connectivity index (χ0) is 41.1. The highest BCUT2D eigenvalue weighted by atomic mass is 35.5. The second kappa shape index (κ2) is 14.7. The summed E-state index contributed by atoms with van der Waals surface area (Å²) in [5.41, 5.74) is 0.983. The van der Waals surface area contributed by atoms with Gasteiger partial charge in [-0.1, -0.05) is 59.1 Å². The molecule has 4 amide bonds. The molecule has 2 aromatic carbocycles. The third-order valence-electron chi connectivity index (χ3n) is 11.2. The Balaban J connectivity index is 1.41. The molecule has 2 aliphatic heterocycles. The number of ether oxygens (including phenoxy) is 2. The van der Waals surface area contributed by atoms with Gasteiger partial charge < -0.3 is 19.7 Å². The van der Waals surface area contributed by atoms with Crippen LogP contribution in [0.1, 0.15) is 36.0 Å². The van der Waals surface area contributed by atoms with Gasteiger partial charge in [-0.15, -0.1) is 0 Å². The van der Waals surface area contributed by atoms with Crippen molar-refractivity contribution in [2.24, 2.45) is 29.6 Å². The summed E-state index contributed by atoms with van der Waals surface area (Å²) in [6.07, 6.45) is 0.289. The molecule has 0 spiro atoms. The average molecular weight is 830 g/mol. The predicted molar refractivity (Wildman–Crippen MR) is 197 cm³/mol. The van der Waals surface area contributed by atoms with Gasteiger partial charge in [0.2, 0.25) is 17.6 Å². The fourth-order valence-electron chi connectivity index (χ4n) is 8.74. The Labute approximate surface area is 332 Å². The Hall–Kier alpha value is -5.61. The van der Waals surface area contributed by atoms with Crippen LogP contribution in [0.5, 0.6) is 17.2 Å². The van der Waals surface area contributed by atoms with Crippen molar-refractivity contribution in [3.05, 3.63) is 93.1 Å². The number of carboxylic acids is 1. The Morgan fingerprint density at radius 1 is 1.02 bits per heavy atom. The summed E-state index contributed by atoms with van der Waals surface area (Å²) in [7, 11) is 2.69. The second-order valence-corrected chi connectivity index (χ2v) is 14.9. The summed E-state index contributed by atoms with van der Waals surface area (Å²) in [5.74, 6) is -9.39. The van der Waals surface area contributed by atoms with Gasteiger partial charge in [-0.2, -0.15) is 18.2 Å². The van der Waals surface area contributed by atoms with Crippen LogP contribution in [0.2, 0.25) is 10.0 Å². The number of phenols is 1. The summed E-state index contributed by atoms with van der Waals surface area (Å²) >= 11 is 12.5. The molecule has 3 aromatic rings. The molecule has 0 radical (unpaired) electrons. The van der Waals surface area contributed by atoms with E-state index in [2.05, 4.69) is 10.4 Å². The third-order valence-corrected chi connectivity index (χ3v) is 11.8. The first-order valence-electron chi connectivity index (χ1n) is 17.6. The minimum Gasteiger partial charge on any atom is -0.502 e. The van der Waals surface area contributed by atoms with Crippen molar-refractivity contribution < 1.29 is 56.8 Å². The number of fused-ring (bicyclic) bond motifs is 4. The number of carbonyl (C=O) groups is 5. The number of carbonyl (C=O) groups excluding carboxylic acids is 4. The lowest BCUT2D eigenvalue weighted by Crippen LogP contribution is -2.54. The van der Waals surface area contributed by atoms with Crippen molar-refractivity contribution in [2.45, 2.75) is 30.9 Å². The van der Waals surface area contributed by atoms with E-state index in [1.165, 1.54) is 38.5 Å². The number of phenolic OH excluding ortho intramolecular Hbond substituents is 1. The largest absolute Gasteiger partial charge is 0.502 e. The molecule has 0 bridgehead atoms. The van der Waals surface area contributed by atoms with Gasteiger partial charge in [0, 0.05) is 23.7 Å². The summed E-state index contributed by atoms with van der Waals surface area (Å²) in [6, 6.07) is 9.89. The monoisotopic (exact) mass is 828 g/mol. The van der Waals surface area contributed by atoms with Crippen molar-refractivity contribution in [1.82, 2.24) is 14.9 Å². The maximum atomic E-state index is 15.2. The number of hydrazine groups is 1. The van der Waals surface area contributed by atoms with Crippen LogP contribution in [0.15, 0.2) is 66.4 Å². The Bertz CT molecular complexity index is 2240. The van der Waals surface area contributed by atoms with Crippen molar-refractivity contribution in [2.75, 3.05) is 26.2 Å². The maximum absolute atomic E-state index is 15.2. The number of allylic oxidation sites excluding steroid dienone is 3. The average Bonchev–Trinajstić information content (AvgIpc) is 3.54. The Morgan fingerprint density at radius 2 is 1.68 bits per heavy atom. The molecule has 3 fully saturated rings. The van der Waals surface area contributed by atoms with E-state index in [0.717, 1.165) is 4.90 Å². The van der Waals surface area contributed by atoms with Crippen molar-refractivity contribution >= 4 is 64.7 Å². The molecule has 1 saturated carbocycles. The van der Waals surface area contributed by atoms with Crippen LogP contribution >= 0.6 is 23.2 Å². The van der Waals surface area contributed by atoms with E-state index in [0.29, 0.717) is 39.0 Å². The van der Waals surface area contributed by atoms with Gasteiger partial charge in [0.25, 0.3) is 11.8 Å². The Morgan fingerprint density at radius 3 is 2.28 bits per heavy atom. The fourth-order valence-corrected chi connectivity index (χ4v) is 9.07. The van der Waals surface area contributed by atoms with Gasteiger partial charge in [0.15, 0.2) is 17.3 Å². The molecule has 13 nitrogen and oxygen atoms in total. The van der Waals surface area contributed by atoms with Gasteiger partial charge in [0.1, 0.15) is 0 Å². The summed E-state index contributed by atoms with van der Waals surface area (Å²) < 4.78 is 51.1. The summed E-state index contributed by atoms with van der Waals surface area (Å²) in [4.78, 5) is 73.8. The molecule has 7 rings (SSSR count). The molecular weight excluding hydrogens is 796 g/mol. The molecule has 1 aromatic heterocycles. The van der Waals surface area contributed by atoms with Gasteiger partial charge in [-0.3, -0.25) is 34.3 Å². The number of imide groups is 2. The number of methoxy groups -OCH3 is 2. The SMILES string of the molecule is COc1cc(C=CC2C3=CCC4C(=O)N(CCC(=O)O)C(=O)C4C3CC3C(=O)N(Nc4ncc(C(F)(F)F)cc4Cl)C(=O)C23c2ccc(Cl)cc2)cc(OC)c1O. The first-order chi connectivity index (χ1) is 27.0. The topological polar surface area (TPSA) is 176 Å². The van der Waals surface area contributed by atoms with E-state index in [1.807, 2.05) is 0 Å². The molecule has 2 aliphatic carbocycles. The molecule has 3 heterocycles. The van der Waals surface area contributed by atoms with Crippen molar-refractivity contribution in [3.8, 4) is 17.2 Å². The second-order valence-electron chi connectivity index (χ2n) is 14.1. The minimum absolute atomic E-state index is 0.0699. The lowest BCUT2D eigenvalue weighted by molar-refractivity contribution is -0.143. The number of alkyl halides is 3. The number of carboxylic acid groups (broad SMARTS) is 1. The lowest BCUT2D eigenvalue weighted by atomic mass is 9.50. The number of rotatable bonds is 10. The van der Waals surface area contributed by atoms with E-state index < -0.39 is 93.6 Å². The number of nitrogens with one attached hydrogen (secondary N) is 1. The lowest BCUT2D eigenvalue weighted by Gasteiger charge is -2.49. The summed E-state index contributed by atoms with van der Waals surface area (Å²) in [5, 5.41) is 20.4. The van der Waals surface area contributed by atoms with Crippen molar-refractivity contribution in [1.29, 1.82) is 0 Å². The molecular formula is C39H33Cl2F3N4O9. The van der Waals surface area contributed by atoms with Gasteiger partial charge in [0.05, 0.1) is 54.4 Å². The van der Waals surface area contributed by atoms with Crippen LogP contribution in [-0.4, -0.2) is 75.5 Å². The molecule has 2 saturated heterocycles. The first-order valence-corrected chi connectivity index (χ1v) is 18.3. The molecule has 57 heavy (non-hydrogen) atoms. The normalized spacial score (nSPS) is 25.7. The smallest absolute Gasteiger partial charge is 0.417 e. The third kappa shape index (κ3) is 6.53. The number of anilines is 1. The molecule has 6 atom stereocenters. The van der Waals surface area contributed by atoms with Crippen LogP contribution in [0, 0.1) is 29.6 Å². The number of aliphatic carboxylic acids is 1. The minimum atomic E-state index is -4.78. The van der Waals surface area contributed by atoms with Gasteiger partial charge in [-0.05, 0) is 60.2 Å². The van der Waals surface area contributed by atoms with E-state index in [1.54, 1.807) is 30.4 Å². The highest BCUT2D eigenvalue weighted by Crippen LogP contribution is 2.61. The van der Waals surface area contributed by atoms with Crippen LogP contribution in [0.3, 0.4) is 0 Å². The number of aromatic hydroxyl groups is 1. The number of aromatic nitrogens is 1. The van der Waals surface area contributed by atoms with E-state index >= 15 is 4.79 Å². The molecule has 18 heteroatoms. The van der Waals surface area contributed by atoms with Crippen LogP contribution in [0.4, 0.5) is 19.0 Å². The van der Waals surface area contributed by atoms with Gasteiger partial charge >= 0.3 is 12.1 Å². The van der Waals surface area contributed by atoms with Crippen LogP contribution < -0.4 is 14.9 Å². The quantitative estimate of drug-likeness (QED) is 0.158. The number of likely N-dealkylation sites (tertiary alicyclic amines) is 1. The number of amides is 4. The number of hydrogen-bond acceptors (Lipinski definition) is 10. The summed E-state index contributed by atoms with van der Waals surface area (Å²) in [6.45, 7) is -0.343. The highest BCUT2D eigenvalue weighted by Gasteiger charge is 2.69. The van der Waals surface area contributed by atoms with Gasteiger partial charge in [-0.25, -0.2) is 4.98 Å². The molecule has 298 valence electrons. The number of pyridine rings is 1. The molecule has 6 unspecified atom stereocenters. The standard InChI is InChI=1S/C39H33Cl2F3N4O9/c1-56-28-13-18(14-29(57-2)32(28)51)3-10-25-22-8-9-23-31(36(54)47(34(23)52)12-11-30(49)50)24(22)16-26-35(53)48(37(55)38(25,26)19-4-6-21(40)7-5-19)46-33-27(41)15-20(17-45-33)39(42,43)44/h3-8,10,13-15,17,23-26,31,51H,9,11-12,16H2,1-2H3,(H,45,46)(H,49,50). The zero-order valence-corrected chi connectivity index (χ0v) is 31.6. The predicted octanol–water partition coefficient (Wildman–Crippen LogP) is 6.14. The van der Waals surface area contributed by atoms with Crippen LogP contribution in [0.25, 0.3) is 6.08 Å². The highest BCUT2D eigenvalue weighted by molar-refractivity contribution is 6.33. The molecule has 3 N–H and O–H groups in total. The Kier molecular flexibility index (Phi) is 10.2. The number of hydrogen-bond donors (Lipinski definition) is 3. The first kappa shape index (κ1) is 39.6. The van der Waals surface area contributed by atoms with E-state index in [4.69, 9.17) is 32.7 Å². The number of halogens is 5. The fraction of sp³-hybridized carbons (Fsp3) is 0.333. The zero-order valence-electron chi connectivity index (χ0n) is 30.0. The van der Waals surface area contributed by atoms with E-state index in [-0.39, 0.29) is 36.6 Å². The maximum Gasteiger partial charge on any atom is 0.417 e. The van der Waals surface area contributed by atoms with E-state index in [9.17, 15) is 42.6 Å².